The summed E-state index contributed by atoms with van der Waals surface area (Å²) < 4.78 is 8.06. The van der Waals surface area contributed by atoms with Crippen molar-refractivity contribution in [2.45, 2.75) is 32.7 Å². The van der Waals surface area contributed by atoms with Crippen LogP contribution in [0.4, 0.5) is 0 Å². The van der Waals surface area contributed by atoms with Gasteiger partial charge in [-0.15, -0.1) is 0 Å². The number of benzene rings is 1. The van der Waals surface area contributed by atoms with E-state index in [4.69, 9.17) is 15.4 Å². The Morgan fingerprint density at radius 3 is 2.71 bits per heavy atom. The molecule has 3 aromatic rings. The molecular formula is C25H27N7O3. The first-order valence-corrected chi connectivity index (χ1v) is 11.3. The predicted molar refractivity (Wildman–Crippen MR) is 132 cm³/mol. The number of amidine groups is 1. The van der Waals surface area contributed by atoms with Crippen molar-refractivity contribution >= 4 is 29.0 Å². The van der Waals surface area contributed by atoms with E-state index in [2.05, 4.69) is 28.3 Å². The number of nitrogens with two attached hydrogens (primary N) is 1. The average molecular weight is 474 g/mol. The van der Waals surface area contributed by atoms with Crippen molar-refractivity contribution in [3.05, 3.63) is 52.7 Å². The highest BCUT2D eigenvalue weighted by molar-refractivity contribution is 6.08. The molecule has 10 nitrogen and oxygen atoms in total. The molecule has 3 N–H and O–H groups in total. The van der Waals surface area contributed by atoms with E-state index in [-0.39, 0.29) is 29.1 Å². The molecule has 180 valence electrons. The average Bonchev–Trinajstić information content (AvgIpc) is 3.40. The van der Waals surface area contributed by atoms with Crippen LogP contribution in [0.15, 0.2) is 39.9 Å². The van der Waals surface area contributed by atoms with Crippen LogP contribution < -0.4 is 11.2 Å². The second-order valence-corrected chi connectivity index (χ2v) is 8.56. The van der Waals surface area contributed by atoms with E-state index in [1.807, 2.05) is 32.0 Å². The number of nitriles is 1. The van der Waals surface area contributed by atoms with Crippen LogP contribution in [0.2, 0.25) is 0 Å². The van der Waals surface area contributed by atoms with Gasteiger partial charge in [-0.25, -0.2) is 0 Å². The molecule has 1 saturated heterocycles. The lowest BCUT2D eigenvalue weighted by molar-refractivity contribution is -0.127. The zero-order valence-corrected chi connectivity index (χ0v) is 20.0. The number of likely N-dealkylation sites (tertiary alicyclic amines) is 1. The van der Waals surface area contributed by atoms with Gasteiger partial charge in [0.25, 0.3) is 5.91 Å². The van der Waals surface area contributed by atoms with Crippen molar-refractivity contribution in [2.24, 2.45) is 10.8 Å². The number of hydrazone groups is 1. The lowest BCUT2D eigenvalue weighted by atomic mass is 10.0. The minimum atomic E-state index is -0.366. The van der Waals surface area contributed by atoms with Crippen molar-refractivity contribution < 1.29 is 14.0 Å². The van der Waals surface area contributed by atoms with Crippen LogP contribution in [-0.4, -0.2) is 52.8 Å². The van der Waals surface area contributed by atoms with Crippen LogP contribution in [0, 0.1) is 25.2 Å². The highest BCUT2D eigenvalue weighted by Gasteiger charge is 2.32. The molecule has 0 unspecified atom stereocenters. The fourth-order valence-electron chi connectivity index (χ4n) is 4.56. The largest absolute Gasteiger partial charge is 0.454 e. The summed E-state index contributed by atoms with van der Waals surface area (Å²) in [5, 5.41) is 18.7. The number of furan rings is 1. The zero-order valence-electron chi connectivity index (χ0n) is 20.0. The Hall–Kier alpha value is -4.39. The number of aldehydes is 1. The molecule has 1 aromatic carbocycles. The molecule has 1 fully saturated rings. The Kier molecular flexibility index (Phi) is 6.42. The number of carbonyl (C=O) groups excluding carboxylic acids is 2. The molecule has 0 bridgehead atoms. The molecule has 4 rings (SSSR count). The molecule has 3 heterocycles. The molecule has 1 aliphatic heterocycles. The summed E-state index contributed by atoms with van der Waals surface area (Å²) in [4.78, 5) is 26.0. The maximum atomic E-state index is 12.4. The normalized spacial score (nSPS) is 14.7. The fraction of sp³-hybridized carbons (Fsp3) is 0.320. The Morgan fingerprint density at radius 1 is 1.37 bits per heavy atom. The van der Waals surface area contributed by atoms with E-state index in [9.17, 15) is 9.59 Å². The summed E-state index contributed by atoms with van der Waals surface area (Å²) in [5.41, 5.74) is 12.7. The zero-order chi connectivity index (χ0) is 25.3. The second-order valence-electron chi connectivity index (χ2n) is 8.56. The van der Waals surface area contributed by atoms with E-state index < -0.39 is 0 Å². The summed E-state index contributed by atoms with van der Waals surface area (Å²) in [5.74, 6) is 0.312. The van der Waals surface area contributed by atoms with Gasteiger partial charge in [0, 0.05) is 31.1 Å². The van der Waals surface area contributed by atoms with Crippen molar-refractivity contribution in [3.63, 3.8) is 0 Å². The summed E-state index contributed by atoms with van der Waals surface area (Å²) in [6.07, 6.45) is 1.79. The van der Waals surface area contributed by atoms with E-state index in [0.717, 1.165) is 16.5 Å². The van der Waals surface area contributed by atoms with E-state index >= 15 is 0 Å². The van der Waals surface area contributed by atoms with Gasteiger partial charge in [0.2, 0.25) is 0 Å². The van der Waals surface area contributed by atoms with Gasteiger partial charge in [-0.2, -0.15) is 15.5 Å². The van der Waals surface area contributed by atoms with Crippen LogP contribution in [-0.2, 0) is 4.79 Å². The van der Waals surface area contributed by atoms with Gasteiger partial charge in [-0.05, 0) is 38.8 Å². The molecule has 0 radical (unpaired) electrons. The number of rotatable bonds is 6. The number of hydrogen-bond donors (Lipinski definition) is 2. The number of aromatic nitrogens is 2. The third-order valence-corrected chi connectivity index (χ3v) is 6.33. The molecule has 2 aromatic heterocycles. The van der Waals surface area contributed by atoms with Crippen molar-refractivity contribution in [3.8, 4) is 17.5 Å². The van der Waals surface area contributed by atoms with Gasteiger partial charge in [0.1, 0.15) is 28.6 Å². The van der Waals surface area contributed by atoms with Crippen LogP contribution >= 0.6 is 0 Å². The molecule has 35 heavy (non-hydrogen) atoms. The van der Waals surface area contributed by atoms with Crippen molar-refractivity contribution in [1.29, 1.82) is 5.26 Å². The molecule has 0 atom stereocenters. The van der Waals surface area contributed by atoms with Gasteiger partial charge in [-0.3, -0.25) is 14.3 Å². The highest BCUT2D eigenvalue weighted by Crippen LogP contribution is 2.39. The van der Waals surface area contributed by atoms with Gasteiger partial charge in [0.05, 0.1) is 11.6 Å². The Morgan fingerprint density at radius 2 is 2.09 bits per heavy atom. The number of carbonyl (C=O) groups is 2. The van der Waals surface area contributed by atoms with Crippen LogP contribution in [0.5, 0.6) is 0 Å². The summed E-state index contributed by atoms with van der Waals surface area (Å²) in [6, 6.07) is 7.63. The van der Waals surface area contributed by atoms with E-state index in [1.54, 1.807) is 16.6 Å². The predicted octanol–water partition coefficient (Wildman–Crippen LogP) is 2.81. The summed E-state index contributed by atoms with van der Waals surface area (Å²) in [6.45, 7) is 8.35. The van der Waals surface area contributed by atoms with Crippen LogP contribution in [0.1, 0.15) is 46.1 Å². The first-order valence-electron chi connectivity index (χ1n) is 11.3. The quantitative estimate of drug-likeness (QED) is 0.140. The van der Waals surface area contributed by atoms with Crippen molar-refractivity contribution in [1.82, 2.24) is 20.1 Å². The summed E-state index contributed by atoms with van der Waals surface area (Å²) >= 11 is 0. The number of nitrogens with zero attached hydrogens (tertiary/aromatic N) is 5. The van der Waals surface area contributed by atoms with Gasteiger partial charge >= 0.3 is 0 Å². The van der Waals surface area contributed by atoms with Gasteiger partial charge in [-0.1, -0.05) is 18.2 Å². The van der Waals surface area contributed by atoms with Crippen molar-refractivity contribution in [2.75, 3.05) is 20.1 Å². The molecule has 1 amide bonds. The third kappa shape index (κ3) is 4.17. The lowest BCUT2D eigenvalue weighted by Gasteiger charge is -2.32. The second kappa shape index (κ2) is 9.46. The topological polar surface area (TPSA) is 143 Å². The molecule has 0 aliphatic carbocycles. The monoisotopic (exact) mass is 473 g/mol. The fourth-order valence-corrected chi connectivity index (χ4v) is 4.56. The SMILES string of the molecule is C=C(C#N)C(=O)N1CCC(n2nc(C=O)c(/C(N)=N\NC)c2-c2oc3ccc(C)cc3c2C)CC1. The molecule has 1 aliphatic rings. The number of hydrogen-bond acceptors (Lipinski definition) is 7. The van der Waals surface area contributed by atoms with Crippen LogP contribution in [0.3, 0.4) is 0 Å². The molecular weight excluding hydrogens is 446 g/mol. The molecule has 10 heteroatoms. The Labute approximate surface area is 202 Å². The minimum absolute atomic E-state index is 0.0852. The number of fused-ring (bicyclic) bond motifs is 1. The maximum absolute atomic E-state index is 12.4. The third-order valence-electron chi connectivity index (χ3n) is 6.33. The van der Waals surface area contributed by atoms with E-state index in [0.29, 0.717) is 54.8 Å². The number of piperidine rings is 1. The van der Waals surface area contributed by atoms with Crippen LogP contribution in [0.25, 0.3) is 22.4 Å². The minimum Gasteiger partial charge on any atom is -0.454 e. The maximum Gasteiger partial charge on any atom is 0.263 e. The highest BCUT2D eigenvalue weighted by atomic mass is 16.3. The number of aryl methyl sites for hydroxylation is 2. The van der Waals surface area contributed by atoms with E-state index in [1.165, 1.54) is 0 Å². The number of nitrogens with one attached hydrogen (secondary N) is 1. The van der Waals surface area contributed by atoms with Gasteiger partial charge in [0.15, 0.2) is 17.9 Å². The smallest absolute Gasteiger partial charge is 0.263 e. The summed E-state index contributed by atoms with van der Waals surface area (Å²) in [7, 11) is 1.62. The number of amides is 1. The first-order chi connectivity index (χ1) is 16.8. The molecule has 0 spiro atoms. The standard InChI is InChI=1S/C25H27N7O3/c1-14-5-6-20-18(11-14)16(3)23(35-20)22-21(24(27)29-28-4)19(13-33)30-32(22)17-7-9-31(10-8-17)25(34)15(2)12-26/h5-6,11,13,17,28H,2,7-10H2,1,3-4H3,(H2,27,29). The Balaban J connectivity index is 1.84. The Bertz CT molecular complexity index is 1400. The first kappa shape index (κ1) is 23.8. The van der Waals surface area contributed by atoms with Gasteiger partial charge < -0.3 is 20.5 Å². The lowest BCUT2D eigenvalue weighted by Crippen LogP contribution is -2.39. The molecule has 0 saturated carbocycles.